The standard InChI is InChI=1S/C14H23N3O2/c1-11(15)13-3-2-12(10-14(13)19)17-6-4-16(5-7-17)8-9-18/h2-3,10-11,18-19H,4-9,15H2,1H3. The Labute approximate surface area is 114 Å². The molecule has 0 amide bonds. The van der Waals surface area contributed by atoms with Crippen LogP contribution in [0, 0.1) is 0 Å². The molecule has 106 valence electrons. The number of nitrogens with zero attached hydrogens (tertiary/aromatic N) is 2. The molecule has 1 atom stereocenters. The maximum Gasteiger partial charge on any atom is 0.122 e. The van der Waals surface area contributed by atoms with Gasteiger partial charge in [-0.25, -0.2) is 0 Å². The van der Waals surface area contributed by atoms with Gasteiger partial charge in [0.25, 0.3) is 0 Å². The molecule has 1 aliphatic heterocycles. The molecule has 1 aliphatic rings. The van der Waals surface area contributed by atoms with Crippen LogP contribution in [-0.4, -0.2) is 54.4 Å². The first-order valence-electron chi connectivity index (χ1n) is 6.78. The van der Waals surface area contributed by atoms with Crippen LogP contribution < -0.4 is 10.6 Å². The van der Waals surface area contributed by atoms with E-state index in [1.165, 1.54) is 0 Å². The van der Waals surface area contributed by atoms with Gasteiger partial charge >= 0.3 is 0 Å². The van der Waals surface area contributed by atoms with Crippen molar-refractivity contribution in [2.75, 3.05) is 44.2 Å². The number of rotatable bonds is 4. The lowest BCUT2D eigenvalue weighted by Crippen LogP contribution is -2.47. The number of hydrogen-bond acceptors (Lipinski definition) is 5. The van der Waals surface area contributed by atoms with Crippen molar-refractivity contribution < 1.29 is 10.2 Å². The van der Waals surface area contributed by atoms with Crippen LogP contribution >= 0.6 is 0 Å². The van der Waals surface area contributed by atoms with Gasteiger partial charge in [-0.15, -0.1) is 0 Å². The summed E-state index contributed by atoms with van der Waals surface area (Å²) in [5.41, 5.74) is 7.60. The van der Waals surface area contributed by atoms with Crippen LogP contribution in [-0.2, 0) is 0 Å². The van der Waals surface area contributed by atoms with E-state index >= 15 is 0 Å². The first-order valence-corrected chi connectivity index (χ1v) is 6.78. The molecule has 5 heteroatoms. The van der Waals surface area contributed by atoms with Gasteiger partial charge in [0.1, 0.15) is 5.75 Å². The van der Waals surface area contributed by atoms with Crippen LogP contribution in [0.3, 0.4) is 0 Å². The quantitative estimate of drug-likeness (QED) is 0.740. The van der Waals surface area contributed by atoms with Crippen LogP contribution in [0.15, 0.2) is 18.2 Å². The van der Waals surface area contributed by atoms with Crippen LogP contribution in [0.4, 0.5) is 5.69 Å². The van der Waals surface area contributed by atoms with Crippen molar-refractivity contribution in [3.63, 3.8) is 0 Å². The summed E-state index contributed by atoms with van der Waals surface area (Å²) in [6.45, 7) is 6.52. The van der Waals surface area contributed by atoms with Crippen LogP contribution in [0.25, 0.3) is 0 Å². The predicted octanol–water partition coefficient (Wildman–Crippen LogP) is 0.526. The molecule has 1 fully saturated rings. The van der Waals surface area contributed by atoms with Gasteiger partial charge in [0.05, 0.1) is 6.61 Å². The SMILES string of the molecule is CC(N)c1ccc(N2CCN(CCO)CC2)cc1O. The van der Waals surface area contributed by atoms with Gasteiger partial charge in [-0.2, -0.15) is 0 Å². The van der Waals surface area contributed by atoms with Gasteiger partial charge < -0.3 is 20.8 Å². The van der Waals surface area contributed by atoms with Crippen LogP contribution in [0.2, 0.25) is 0 Å². The molecule has 19 heavy (non-hydrogen) atoms. The van der Waals surface area contributed by atoms with Crippen molar-refractivity contribution in [2.24, 2.45) is 5.73 Å². The van der Waals surface area contributed by atoms with E-state index in [0.717, 1.165) is 44.0 Å². The van der Waals surface area contributed by atoms with E-state index in [1.807, 2.05) is 19.1 Å². The molecule has 0 aliphatic carbocycles. The van der Waals surface area contributed by atoms with Gasteiger partial charge in [-0.1, -0.05) is 6.07 Å². The van der Waals surface area contributed by atoms with E-state index in [4.69, 9.17) is 10.8 Å². The lowest BCUT2D eigenvalue weighted by atomic mass is 10.1. The third kappa shape index (κ3) is 3.37. The molecule has 0 radical (unpaired) electrons. The molecule has 0 spiro atoms. The first-order chi connectivity index (χ1) is 9.11. The second-order valence-corrected chi connectivity index (χ2v) is 5.08. The first kappa shape index (κ1) is 14.1. The van der Waals surface area contributed by atoms with Crippen molar-refractivity contribution in [3.8, 4) is 5.75 Å². The predicted molar refractivity (Wildman–Crippen MR) is 76.4 cm³/mol. The maximum atomic E-state index is 9.98. The largest absolute Gasteiger partial charge is 0.508 e. The van der Waals surface area contributed by atoms with Gasteiger partial charge in [-0.05, 0) is 13.0 Å². The van der Waals surface area contributed by atoms with Crippen molar-refractivity contribution in [1.82, 2.24) is 4.90 Å². The smallest absolute Gasteiger partial charge is 0.122 e. The summed E-state index contributed by atoms with van der Waals surface area (Å²) in [5, 5.41) is 18.9. The van der Waals surface area contributed by atoms with E-state index in [-0.39, 0.29) is 18.4 Å². The second-order valence-electron chi connectivity index (χ2n) is 5.08. The highest BCUT2D eigenvalue weighted by atomic mass is 16.3. The Balaban J connectivity index is 2.02. The summed E-state index contributed by atoms with van der Waals surface area (Å²) in [6.07, 6.45) is 0. The van der Waals surface area contributed by atoms with Crippen molar-refractivity contribution >= 4 is 5.69 Å². The number of aromatic hydroxyl groups is 1. The van der Waals surface area contributed by atoms with E-state index in [1.54, 1.807) is 6.07 Å². The summed E-state index contributed by atoms with van der Waals surface area (Å²) >= 11 is 0. The van der Waals surface area contributed by atoms with Gasteiger partial charge in [0.15, 0.2) is 0 Å². The van der Waals surface area contributed by atoms with Crippen molar-refractivity contribution in [2.45, 2.75) is 13.0 Å². The zero-order valence-corrected chi connectivity index (χ0v) is 11.4. The number of piperazine rings is 1. The van der Waals surface area contributed by atoms with Crippen LogP contribution in [0.1, 0.15) is 18.5 Å². The average Bonchev–Trinajstić information content (AvgIpc) is 2.39. The monoisotopic (exact) mass is 265 g/mol. The maximum absolute atomic E-state index is 9.98. The highest BCUT2D eigenvalue weighted by Crippen LogP contribution is 2.28. The van der Waals surface area contributed by atoms with Gasteiger partial charge in [0, 0.05) is 56.1 Å². The minimum Gasteiger partial charge on any atom is -0.508 e. The van der Waals surface area contributed by atoms with E-state index in [0.29, 0.717) is 0 Å². The lowest BCUT2D eigenvalue weighted by Gasteiger charge is -2.36. The van der Waals surface area contributed by atoms with Crippen molar-refractivity contribution in [1.29, 1.82) is 0 Å². The highest BCUT2D eigenvalue weighted by Gasteiger charge is 2.17. The van der Waals surface area contributed by atoms with Gasteiger partial charge in [-0.3, -0.25) is 4.90 Å². The summed E-state index contributed by atoms with van der Waals surface area (Å²) in [6, 6.07) is 5.55. The summed E-state index contributed by atoms with van der Waals surface area (Å²) < 4.78 is 0. The molecule has 5 nitrogen and oxygen atoms in total. The highest BCUT2D eigenvalue weighted by molar-refractivity contribution is 5.54. The molecule has 1 unspecified atom stereocenters. The fraction of sp³-hybridized carbons (Fsp3) is 0.571. The Morgan fingerprint density at radius 3 is 2.47 bits per heavy atom. The number of phenolic OH excluding ortho intramolecular Hbond substituents is 1. The summed E-state index contributed by atoms with van der Waals surface area (Å²) in [7, 11) is 0. The zero-order chi connectivity index (χ0) is 13.8. The second kappa shape index (κ2) is 6.23. The summed E-state index contributed by atoms with van der Waals surface area (Å²) in [4.78, 5) is 4.49. The summed E-state index contributed by atoms with van der Waals surface area (Å²) in [5.74, 6) is 0.269. The Kier molecular flexibility index (Phi) is 4.63. The number of benzene rings is 1. The Hall–Kier alpha value is -1.30. The molecule has 1 heterocycles. The third-order valence-corrected chi connectivity index (χ3v) is 3.66. The number of hydrogen-bond donors (Lipinski definition) is 3. The molecule has 1 aromatic rings. The Bertz CT molecular complexity index is 415. The topological polar surface area (TPSA) is 73.0 Å². The molecule has 2 rings (SSSR count). The Morgan fingerprint density at radius 2 is 1.95 bits per heavy atom. The molecule has 0 bridgehead atoms. The number of anilines is 1. The number of aliphatic hydroxyl groups excluding tert-OH is 1. The molecule has 4 N–H and O–H groups in total. The van der Waals surface area contributed by atoms with Crippen molar-refractivity contribution in [3.05, 3.63) is 23.8 Å². The fourth-order valence-electron chi connectivity index (χ4n) is 2.48. The zero-order valence-electron chi connectivity index (χ0n) is 11.4. The van der Waals surface area contributed by atoms with E-state index < -0.39 is 0 Å². The third-order valence-electron chi connectivity index (χ3n) is 3.66. The lowest BCUT2D eigenvalue weighted by molar-refractivity contribution is 0.189. The molecule has 1 aromatic carbocycles. The number of β-amino-alcohol motifs (C(OH)–C–C–N with tert-alkyl or cyclic N) is 1. The molecule has 1 saturated heterocycles. The van der Waals surface area contributed by atoms with Crippen LogP contribution in [0.5, 0.6) is 5.75 Å². The van der Waals surface area contributed by atoms with E-state index in [9.17, 15) is 5.11 Å². The van der Waals surface area contributed by atoms with E-state index in [2.05, 4.69) is 9.80 Å². The molecule has 0 saturated carbocycles. The number of nitrogens with two attached hydrogens (primary N) is 1. The number of aliphatic hydroxyl groups is 1. The number of phenols is 1. The minimum absolute atomic E-state index is 0.157. The Morgan fingerprint density at radius 1 is 1.26 bits per heavy atom. The molecule has 0 aromatic heterocycles. The fourth-order valence-corrected chi connectivity index (χ4v) is 2.48. The van der Waals surface area contributed by atoms with Gasteiger partial charge in [0.2, 0.25) is 0 Å². The molecular formula is C14H23N3O2. The normalized spacial score (nSPS) is 18.6. The average molecular weight is 265 g/mol. The minimum atomic E-state index is -0.157. The molecular weight excluding hydrogens is 242 g/mol.